The molecular weight excluding hydrogens is 405 g/mol. The zero-order valence-electron chi connectivity index (χ0n) is 16.9. The summed E-state index contributed by atoms with van der Waals surface area (Å²) in [5, 5.41) is 11.6. The van der Waals surface area contributed by atoms with Crippen LogP contribution in [0.25, 0.3) is 11.4 Å². The van der Waals surface area contributed by atoms with Crippen molar-refractivity contribution in [2.24, 2.45) is 7.05 Å². The zero-order chi connectivity index (χ0) is 21.7. The Balaban J connectivity index is 1.53. The first-order valence-electron chi connectivity index (χ1n) is 9.22. The molecule has 0 atom stereocenters. The zero-order valence-corrected chi connectivity index (χ0v) is 17.7. The number of amides is 2. The lowest BCUT2D eigenvalue weighted by molar-refractivity contribution is -0.131. The molecule has 1 aromatic heterocycles. The van der Waals surface area contributed by atoms with Crippen molar-refractivity contribution < 1.29 is 14.0 Å². The lowest BCUT2D eigenvalue weighted by Crippen LogP contribution is -2.36. The Bertz CT molecular complexity index is 1030. The van der Waals surface area contributed by atoms with Crippen molar-refractivity contribution in [1.29, 1.82) is 0 Å². The normalized spacial score (nSPS) is 10.7. The van der Waals surface area contributed by atoms with Gasteiger partial charge in [-0.1, -0.05) is 41.6 Å². The highest BCUT2D eigenvalue weighted by Crippen LogP contribution is 2.23. The van der Waals surface area contributed by atoms with Gasteiger partial charge in [0.25, 0.3) is 0 Å². The van der Waals surface area contributed by atoms with Crippen LogP contribution < -0.4 is 5.32 Å². The third-order valence-electron chi connectivity index (χ3n) is 4.40. The van der Waals surface area contributed by atoms with Crippen molar-refractivity contribution in [1.82, 2.24) is 19.7 Å². The summed E-state index contributed by atoms with van der Waals surface area (Å²) in [5.74, 6) is -0.110. The third-order valence-corrected chi connectivity index (χ3v) is 5.41. The van der Waals surface area contributed by atoms with Crippen LogP contribution in [0.4, 0.5) is 10.1 Å². The largest absolute Gasteiger partial charge is 0.336 e. The third kappa shape index (κ3) is 5.44. The highest BCUT2D eigenvalue weighted by molar-refractivity contribution is 7.99. The van der Waals surface area contributed by atoms with Crippen LogP contribution in [0.3, 0.4) is 0 Å². The van der Waals surface area contributed by atoms with Gasteiger partial charge in [0.05, 0.1) is 12.3 Å². The van der Waals surface area contributed by atoms with Gasteiger partial charge in [-0.2, -0.15) is 0 Å². The molecule has 0 saturated carbocycles. The minimum atomic E-state index is -0.383. The number of nitrogens with one attached hydrogen (secondary N) is 1. The Morgan fingerprint density at radius 2 is 1.77 bits per heavy atom. The van der Waals surface area contributed by atoms with Crippen LogP contribution in [0.5, 0.6) is 0 Å². The smallest absolute Gasteiger partial charge is 0.243 e. The van der Waals surface area contributed by atoms with Crippen LogP contribution in [-0.2, 0) is 16.6 Å². The predicted octanol–water partition coefficient (Wildman–Crippen LogP) is 3.12. The number of aryl methyl sites for hydroxylation is 1. The van der Waals surface area contributed by atoms with Crippen LogP contribution in [0.15, 0.2) is 53.7 Å². The number of likely N-dealkylation sites (N-methyl/N-ethyl adjacent to an activating group) is 1. The Labute approximate surface area is 178 Å². The number of hydrogen-bond acceptors (Lipinski definition) is 5. The van der Waals surface area contributed by atoms with E-state index in [1.165, 1.54) is 40.9 Å². The summed E-state index contributed by atoms with van der Waals surface area (Å²) < 4.78 is 14.8. The van der Waals surface area contributed by atoms with E-state index in [1.54, 1.807) is 7.05 Å². The second kappa shape index (κ2) is 9.53. The first kappa shape index (κ1) is 21.5. The molecule has 30 heavy (non-hydrogen) atoms. The van der Waals surface area contributed by atoms with Crippen molar-refractivity contribution in [3.8, 4) is 11.4 Å². The van der Waals surface area contributed by atoms with Crippen molar-refractivity contribution in [2.75, 3.05) is 24.7 Å². The van der Waals surface area contributed by atoms with Crippen molar-refractivity contribution in [2.45, 2.75) is 12.1 Å². The van der Waals surface area contributed by atoms with Gasteiger partial charge in [-0.3, -0.25) is 9.59 Å². The molecular formula is C21H22FN5O2S. The topological polar surface area (TPSA) is 80.1 Å². The molecule has 0 unspecified atom stereocenters. The molecule has 0 saturated heterocycles. The SMILES string of the molecule is Cc1ccc(-c2nnc(SCC(=O)N(C)CC(=O)Nc3ccc(F)cc3)n2C)cc1. The van der Waals surface area contributed by atoms with Gasteiger partial charge in [-0.05, 0) is 31.2 Å². The van der Waals surface area contributed by atoms with Gasteiger partial charge < -0.3 is 14.8 Å². The number of halogens is 1. The molecule has 2 amide bonds. The molecule has 1 heterocycles. The van der Waals surface area contributed by atoms with Gasteiger partial charge in [0.15, 0.2) is 11.0 Å². The Morgan fingerprint density at radius 1 is 1.10 bits per heavy atom. The lowest BCUT2D eigenvalue weighted by atomic mass is 10.1. The average molecular weight is 428 g/mol. The van der Waals surface area contributed by atoms with Crippen LogP contribution in [0, 0.1) is 12.7 Å². The molecule has 0 spiro atoms. The molecule has 0 radical (unpaired) electrons. The Hall–Kier alpha value is -3.20. The summed E-state index contributed by atoms with van der Waals surface area (Å²) in [6.07, 6.45) is 0. The molecule has 7 nitrogen and oxygen atoms in total. The summed E-state index contributed by atoms with van der Waals surface area (Å²) in [6.45, 7) is 1.91. The Kier molecular flexibility index (Phi) is 6.83. The highest BCUT2D eigenvalue weighted by atomic mass is 32.2. The summed E-state index contributed by atoms with van der Waals surface area (Å²) in [7, 11) is 3.41. The fourth-order valence-electron chi connectivity index (χ4n) is 2.67. The fourth-order valence-corrected chi connectivity index (χ4v) is 3.52. The molecule has 0 aliphatic rings. The average Bonchev–Trinajstić information content (AvgIpc) is 3.08. The maximum absolute atomic E-state index is 12.9. The van der Waals surface area contributed by atoms with Gasteiger partial charge >= 0.3 is 0 Å². The van der Waals surface area contributed by atoms with Crippen molar-refractivity contribution >= 4 is 29.3 Å². The first-order chi connectivity index (χ1) is 14.3. The van der Waals surface area contributed by atoms with E-state index in [1.807, 2.05) is 42.8 Å². The van der Waals surface area contributed by atoms with Crippen LogP contribution in [0.1, 0.15) is 5.56 Å². The van der Waals surface area contributed by atoms with Crippen LogP contribution >= 0.6 is 11.8 Å². The minimum Gasteiger partial charge on any atom is -0.336 e. The Morgan fingerprint density at radius 3 is 2.43 bits per heavy atom. The minimum absolute atomic E-state index is 0.107. The highest BCUT2D eigenvalue weighted by Gasteiger charge is 2.17. The summed E-state index contributed by atoms with van der Waals surface area (Å²) >= 11 is 1.26. The monoisotopic (exact) mass is 427 g/mol. The summed E-state index contributed by atoms with van der Waals surface area (Å²) in [6, 6.07) is 13.4. The van der Waals surface area contributed by atoms with Gasteiger partial charge in [-0.15, -0.1) is 10.2 Å². The summed E-state index contributed by atoms with van der Waals surface area (Å²) in [4.78, 5) is 25.8. The van der Waals surface area contributed by atoms with E-state index in [0.29, 0.717) is 10.8 Å². The maximum atomic E-state index is 12.9. The number of hydrogen-bond donors (Lipinski definition) is 1. The lowest BCUT2D eigenvalue weighted by Gasteiger charge is -2.16. The number of rotatable bonds is 7. The fraction of sp³-hybridized carbons (Fsp3) is 0.238. The molecule has 0 fully saturated rings. The number of carbonyl (C=O) groups is 2. The van der Waals surface area contributed by atoms with Gasteiger partial charge in [-0.25, -0.2) is 4.39 Å². The van der Waals surface area contributed by atoms with E-state index in [9.17, 15) is 14.0 Å². The van der Waals surface area contributed by atoms with Gasteiger partial charge in [0.2, 0.25) is 11.8 Å². The first-order valence-corrected chi connectivity index (χ1v) is 10.2. The summed E-state index contributed by atoms with van der Waals surface area (Å²) in [5.41, 5.74) is 2.58. The number of thioether (sulfide) groups is 1. The van der Waals surface area contributed by atoms with E-state index in [-0.39, 0.29) is 29.9 Å². The van der Waals surface area contributed by atoms with E-state index >= 15 is 0 Å². The standard InChI is InChI=1S/C21H22FN5O2S/c1-14-4-6-15(7-5-14)20-24-25-21(27(20)3)30-13-19(29)26(2)12-18(28)23-17-10-8-16(22)9-11-17/h4-11H,12-13H2,1-3H3,(H,23,28). The van der Waals surface area contributed by atoms with E-state index < -0.39 is 0 Å². The van der Waals surface area contributed by atoms with Crippen molar-refractivity contribution in [3.05, 3.63) is 59.9 Å². The van der Waals surface area contributed by atoms with Crippen LogP contribution in [-0.4, -0.2) is 50.8 Å². The number of carbonyl (C=O) groups excluding carboxylic acids is 2. The number of anilines is 1. The molecule has 1 N–H and O–H groups in total. The maximum Gasteiger partial charge on any atom is 0.243 e. The number of nitrogens with zero attached hydrogens (tertiary/aromatic N) is 4. The molecule has 156 valence electrons. The van der Waals surface area contributed by atoms with Gasteiger partial charge in [0, 0.05) is 25.3 Å². The van der Waals surface area contributed by atoms with E-state index in [4.69, 9.17) is 0 Å². The molecule has 3 rings (SSSR count). The van der Waals surface area contributed by atoms with E-state index in [2.05, 4.69) is 15.5 Å². The quantitative estimate of drug-likeness (QED) is 0.586. The van der Waals surface area contributed by atoms with Gasteiger partial charge in [0.1, 0.15) is 5.82 Å². The molecule has 3 aromatic rings. The predicted molar refractivity (Wildman–Crippen MR) is 115 cm³/mol. The molecule has 0 aliphatic heterocycles. The van der Waals surface area contributed by atoms with Crippen molar-refractivity contribution in [3.63, 3.8) is 0 Å². The number of benzene rings is 2. The molecule has 9 heteroatoms. The number of aromatic nitrogens is 3. The molecule has 0 bridgehead atoms. The van der Waals surface area contributed by atoms with E-state index in [0.717, 1.165) is 17.0 Å². The second-order valence-corrected chi connectivity index (χ2v) is 7.77. The second-order valence-electron chi connectivity index (χ2n) is 6.82. The molecule has 2 aromatic carbocycles. The molecule has 0 aliphatic carbocycles. The van der Waals surface area contributed by atoms with Crippen LogP contribution in [0.2, 0.25) is 0 Å².